The molecular weight excluding hydrogens is 241 g/mol. The van der Waals surface area contributed by atoms with Gasteiger partial charge in [0.1, 0.15) is 5.82 Å². The van der Waals surface area contributed by atoms with E-state index < -0.39 is 0 Å². The van der Waals surface area contributed by atoms with Crippen LogP contribution in [0.2, 0.25) is 0 Å². The molecule has 2 nitrogen and oxygen atoms in total. The lowest BCUT2D eigenvalue weighted by molar-refractivity contribution is 0.316. The highest BCUT2D eigenvalue weighted by atomic mass is 19.1. The van der Waals surface area contributed by atoms with E-state index in [-0.39, 0.29) is 11.7 Å². The van der Waals surface area contributed by atoms with Crippen molar-refractivity contribution in [2.45, 2.75) is 18.8 Å². The minimum Gasteiger partial charge on any atom is -0.411 e. The Labute approximate surface area is 111 Å². The summed E-state index contributed by atoms with van der Waals surface area (Å²) >= 11 is 0. The molecule has 2 aromatic carbocycles. The Hall–Kier alpha value is -2.16. The lowest BCUT2D eigenvalue weighted by Crippen LogP contribution is -2.21. The van der Waals surface area contributed by atoms with Crippen molar-refractivity contribution in [3.05, 3.63) is 71.0 Å². The molecule has 1 aliphatic rings. The van der Waals surface area contributed by atoms with Gasteiger partial charge in [0.2, 0.25) is 0 Å². The number of nitrogens with zero attached hydrogens (tertiary/aromatic N) is 1. The molecule has 19 heavy (non-hydrogen) atoms. The topological polar surface area (TPSA) is 32.6 Å². The summed E-state index contributed by atoms with van der Waals surface area (Å²) in [5, 5.41) is 12.8. The molecule has 1 aliphatic carbocycles. The fraction of sp³-hybridized carbons (Fsp3) is 0.188. The maximum Gasteiger partial charge on any atom is 0.123 e. The van der Waals surface area contributed by atoms with Gasteiger partial charge in [-0.25, -0.2) is 4.39 Å². The predicted octanol–water partition coefficient (Wildman–Crippen LogP) is 3.73. The van der Waals surface area contributed by atoms with E-state index in [1.165, 1.54) is 17.7 Å². The zero-order chi connectivity index (χ0) is 13.2. The number of hydrogen-bond donors (Lipinski definition) is 1. The van der Waals surface area contributed by atoms with Gasteiger partial charge in [-0.15, -0.1) is 0 Å². The van der Waals surface area contributed by atoms with E-state index in [0.29, 0.717) is 5.71 Å². The molecule has 0 fully saturated rings. The zero-order valence-corrected chi connectivity index (χ0v) is 10.4. The minimum atomic E-state index is -0.248. The average Bonchev–Trinajstić information content (AvgIpc) is 2.47. The normalized spacial score (nSPS) is 20.3. The van der Waals surface area contributed by atoms with E-state index in [0.717, 1.165) is 24.0 Å². The van der Waals surface area contributed by atoms with Crippen molar-refractivity contribution in [2.24, 2.45) is 5.16 Å². The fourth-order valence-electron chi connectivity index (χ4n) is 2.76. The number of oxime groups is 1. The molecule has 2 aromatic rings. The van der Waals surface area contributed by atoms with Gasteiger partial charge in [-0.3, -0.25) is 0 Å². The van der Waals surface area contributed by atoms with E-state index in [1.807, 2.05) is 18.2 Å². The predicted molar refractivity (Wildman–Crippen MR) is 72.2 cm³/mol. The Morgan fingerprint density at radius 2 is 1.79 bits per heavy atom. The standard InChI is InChI=1S/C16H14FNO/c17-13-8-5-12(6-9-13)15-10-7-11-3-1-2-4-14(11)16(15)18-19/h1-6,8-9,15,19H,7,10H2/b18-16-/t15-/m1/s1. The lowest BCUT2D eigenvalue weighted by Gasteiger charge is -2.25. The Bertz CT molecular complexity index is 619. The summed E-state index contributed by atoms with van der Waals surface area (Å²) in [5.41, 5.74) is 3.86. The van der Waals surface area contributed by atoms with E-state index in [2.05, 4.69) is 11.2 Å². The van der Waals surface area contributed by atoms with Gasteiger partial charge in [-0.2, -0.15) is 0 Å². The molecule has 1 atom stereocenters. The molecule has 0 amide bonds. The van der Waals surface area contributed by atoms with E-state index in [1.54, 1.807) is 12.1 Å². The SMILES string of the molecule is O/N=C1/c2ccccc2CC[C@@H]1c1ccc(F)cc1. The largest absolute Gasteiger partial charge is 0.411 e. The van der Waals surface area contributed by atoms with Gasteiger partial charge in [-0.05, 0) is 36.1 Å². The first-order chi connectivity index (χ1) is 9.29. The lowest BCUT2D eigenvalue weighted by atomic mass is 9.78. The molecule has 0 spiro atoms. The second kappa shape index (κ2) is 4.84. The van der Waals surface area contributed by atoms with Crippen molar-refractivity contribution in [3.63, 3.8) is 0 Å². The highest BCUT2D eigenvalue weighted by molar-refractivity contribution is 6.06. The molecule has 0 saturated carbocycles. The van der Waals surface area contributed by atoms with Crippen LogP contribution in [0.15, 0.2) is 53.7 Å². The van der Waals surface area contributed by atoms with Crippen molar-refractivity contribution in [2.75, 3.05) is 0 Å². The van der Waals surface area contributed by atoms with Crippen LogP contribution >= 0.6 is 0 Å². The summed E-state index contributed by atoms with van der Waals surface area (Å²) in [5.74, 6) is -0.219. The Balaban J connectivity index is 2.03. The van der Waals surface area contributed by atoms with Crippen LogP contribution in [0.5, 0.6) is 0 Å². The third-order valence-corrected chi connectivity index (χ3v) is 3.71. The fourth-order valence-corrected chi connectivity index (χ4v) is 2.76. The quantitative estimate of drug-likeness (QED) is 0.611. The molecule has 1 N–H and O–H groups in total. The second-order valence-electron chi connectivity index (χ2n) is 4.79. The van der Waals surface area contributed by atoms with Crippen molar-refractivity contribution < 1.29 is 9.60 Å². The number of rotatable bonds is 1. The maximum atomic E-state index is 13.0. The summed E-state index contributed by atoms with van der Waals surface area (Å²) in [7, 11) is 0. The first kappa shape index (κ1) is 11.9. The monoisotopic (exact) mass is 255 g/mol. The third kappa shape index (κ3) is 2.12. The molecule has 96 valence electrons. The van der Waals surface area contributed by atoms with Gasteiger partial charge >= 0.3 is 0 Å². The van der Waals surface area contributed by atoms with Gasteiger partial charge in [0.05, 0.1) is 5.71 Å². The van der Waals surface area contributed by atoms with Gasteiger partial charge in [0, 0.05) is 11.5 Å². The van der Waals surface area contributed by atoms with Crippen LogP contribution < -0.4 is 0 Å². The average molecular weight is 255 g/mol. The van der Waals surface area contributed by atoms with Crippen molar-refractivity contribution in [1.82, 2.24) is 0 Å². The summed E-state index contributed by atoms with van der Waals surface area (Å²) in [6, 6.07) is 14.4. The number of fused-ring (bicyclic) bond motifs is 1. The van der Waals surface area contributed by atoms with Crippen molar-refractivity contribution in [3.8, 4) is 0 Å². The van der Waals surface area contributed by atoms with Gasteiger partial charge in [0.25, 0.3) is 0 Å². The molecule has 3 rings (SSSR count). The molecule has 0 heterocycles. The molecular formula is C16H14FNO. The van der Waals surface area contributed by atoms with Crippen LogP contribution in [0.25, 0.3) is 0 Å². The summed E-state index contributed by atoms with van der Waals surface area (Å²) in [6.07, 6.45) is 1.82. The van der Waals surface area contributed by atoms with Gasteiger partial charge in [-0.1, -0.05) is 41.6 Å². The number of halogens is 1. The highest BCUT2D eigenvalue weighted by Crippen LogP contribution is 2.33. The van der Waals surface area contributed by atoms with Crippen molar-refractivity contribution >= 4 is 5.71 Å². The molecule has 0 aliphatic heterocycles. The molecule has 0 aromatic heterocycles. The zero-order valence-electron chi connectivity index (χ0n) is 10.4. The number of benzene rings is 2. The maximum absolute atomic E-state index is 13.0. The molecule has 3 heteroatoms. The third-order valence-electron chi connectivity index (χ3n) is 3.71. The van der Waals surface area contributed by atoms with Crippen LogP contribution in [0.1, 0.15) is 29.0 Å². The number of aryl methyl sites for hydroxylation is 1. The van der Waals surface area contributed by atoms with Crippen LogP contribution in [0.4, 0.5) is 4.39 Å². The summed E-state index contributed by atoms with van der Waals surface area (Å²) in [4.78, 5) is 0. The first-order valence-electron chi connectivity index (χ1n) is 6.35. The molecule has 0 bridgehead atoms. The van der Waals surface area contributed by atoms with Crippen LogP contribution in [-0.4, -0.2) is 10.9 Å². The van der Waals surface area contributed by atoms with Crippen molar-refractivity contribution in [1.29, 1.82) is 0 Å². The molecule has 0 saturated heterocycles. The highest BCUT2D eigenvalue weighted by Gasteiger charge is 2.27. The number of hydrogen-bond acceptors (Lipinski definition) is 2. The second-order valence-corrected chi connectivity index (χ2v) is 4.79. The smallest absolute Gasteiger partial charge is 0.123 e. The molecule has 0 radical (unpaired) electrons. The summed E-state index contributed by atoms with van der Waals surface area (Å²) in [6.45, 7) is 0. The van der Waals surface area contributed by atoms with E-state index >= 15 is 0 Å². The van der Waals surface area contributed by atoms with Gasteiger partial charge in [0.15, 0.2) is 0 Å². The van der Waals surface area contributed by atoms with Crippen LogP contribution in [-0.2, 0) is 6.42 Å². The van der Waals surface area contributed by atoms with E-state index in [9.17, 15) is 9.60 Å². The Morgan fingerprint density at radius 1 is 1.05 bits per heavy atom. The van der Waals surface area contributed by atoms with E-state index in [4.69, 9.17) is 0 Å². The summed E-state index contributed by atoms with van der Waals surface area (Å²) < 4.78 is 13.0. The Kier molecular flexibility index (Phi) is 3.03. The van der Waals surface area contributed by atoms with Gasteiger partial charge < -0.3 is 5.21 Å². The Morgan fingerprint density at radius 3 is 2.53 bits per heavy atom. The minimum absolute atomic E-state index is 0.0282. The first-order valence-corrected chi connectivity index (χ1v) is 6.35. The van der Waals surface area contributed by atoms with Crippen LogP contribution in [0.3, 0.4) is 0 Å². The van der Waals surface area contributed by atoms with Crippen LogP contribution in [0, 0.1) is 5.82 Å². The molecule has 0 unspecified atom stereocenters.